The van der Waals surface area contributed by atoms with E-state index in [1.807, 2.05) is 41.6 Å². The minimum atomic E-state index is 0. The molecule has 0 radical (unpaired) electrons. The van der Waals surface area contributed by atoms with E-state index in [2.05, 4.69) is 42.8 Å². The summed E-state index contributed by atoms with van der Waals surface area (Å²) >= 11 is 0. The Kier molecular flexibility index (Phi) is 6.79. The number of carbonyl (C=O) groups excluding carboxylic acids is 1. The van der Waals surface area contributed by atoms with E-state index in [4.69, 9.17) is 0 Å². The second-order valence-corrected chi connectivity index (χ2v) is 7.75. The molecule has 5 heteroatoms. The average Bonchev–Trinajstić information content (AvgIpc) is 2.62. The molecular weight excluding hydrogens is 346 g/mol. The summed E-state index contributed by atoms with van der Waals surface area (Å²) in [4.78, 5) is 21.1. The van der Waals surface area contributed by atoms with Gasteiger partial charge in [-0.2, -0.15) is 0 Å². The fourth-order valence-electron chi connectivity index (χ4n) is 3.15. The number of aromatic nitrogens is 1. The molecule has 0 bridgehead atoms. The summed E-state index contributed by atoms with van der Waals surface area (Å²) in [6, 6.07) is 12.2. The number of amides is 1. The van der Waals surface area contributed by atoms with Crippen molar-refractivity contribution < 1.29 is 4.79 Å². The van der Waals surface area contributed by atoms with Crippen LogP contribution in [0.5, 0.6) is 0 Å². The second-order valence-electron chi connectivity index (χ2n) is 7.75. The first-order valence-electron chi connectivity index (χ1n) is 8.94. The van der Waals surface area contributed by atoms with Crippen molar-refractivity contribution in [1.29, 1.82) is 0 Å². The zero-order valence-electron chi connectivity index (χ0n) is 15.8. The normalized spacial score (nSPS) is 15.4. The highest BCUT2D eigenvalue weighted by atomic mass is 35.5. The van der Waals surface area contributed by atoms with Gasteiger partial charge < -0.3 is 4.90 Å². The van der Waals surface area contributed by atoms with Gasteiger partial charge in [0.1, 0.15) is 0 Å². The molecule has 26 heavy (non-hydrogen) atoms. The zero-order chi connectivity index (χ0) is 17.9. The van der Waals surface area contributed by atoms with Crippen LogP contribution in [-0.2, 0) is 12.0 Å². The molecule has 0 saturated carbocycles. The van der Waals surface area contributed by atoms with E-state index in [1.54, 1.807) is 0 Å². The zero-order valence-corrected chi connectivity index (χ0v) is 16.6. The molecule has 1 fully saturated rings. The standard InChI is InChI=1S/C21H27N3O.ClH/c1-21(2,3)19-6-4-18(5-7-19)20(25)24-14-12-23(13-15-24)16-17-8-10-22-11-9-17;/h4-11H,12-16H2,1-3H3;1H. The van der Waals surface area contributed by atoms with E-state index in [-0.39, 0.29) is 23.7 Å². The van der Waals surface area contributed by atoms with Gasteiger partial charge in [0.15, 0.2) is 0 Å². The molecular formula is C21H28ClN3O. The van der Waals surface area contributed by atoms with E-state index < -0.39 is 0 Å². The van der Waals surface area contributed by atoms with Crippen LogP contribution < -0.4 is 0 Å². The molecule has 1 amide bonds. The summed E-state index contributed by atoms with van der Waals surface area (Å²) in [5.41, 5.74) is 3.43. The first kappa shape index (κ1) is 20.4. The predicted octanol–water partition coefficient (Wildman–Crippen LogP) is 3.76. The molecule has 0 N–H and O–H groups in total. The monoisotopic (exact) mass is 373 g/mol. The lowest BCUT2D eigenvalue weighted by Crippen LogP contribution is -2.48. The number of piperazine rings is 1. The van der Waals surface area contributed by atoms with Crippen molar-refractivity contribution in [2.75, 3.05) is 26.2 Å². The third kappa shape index (κ3) is 5.05. The SMILES string of the molecule is CC(C)(C)c1ccc(C(=O)N2CCN(Cc3ccncc3)CC2)cc1.Cl. The molecule has 2 heterocycles. The van der Waals surface area contributed by atoms with E-state index in [0.29, 0.717) is 0 Å². The molecule has 1 aromatic heterocycles. The summed E-state index contributed by atoms with van der Waals surface area (Å²) in [5.74, 6) is 0.143. The molecule has 3 rings (SSSR count). The summed E-state index contributed by atoms with van der Waals surface area (Å²) < 4.78 is 0. The molecule has 0 spiro atoms. The highest BCUT2D eigenvalue weighted by molar-refractivity contribution is 5.94. The molecule has 1 saturated heterocycles. The van der Waals surface area contributed by atoms with Gasteiger partial charge in [-0.15, -0.1) is 12.4 Å². The number of benzene rings is 1. The van der Waals surface area contributed by atoms with Gasteiger partial charge in [-0.1, -0.05) is 32.9 Å². The average molecular weight is 374 g/mol. The maximum absolute atomic E-state index is 12.7. The topological polar surface area (TPSA) is 36.4 Å². The first-order valence-corrected chi connectivity index (χ1v) is 8.94. The fourth-order valence-corrected chi connectivity index (χ4v) is 3.15. The van der Waals surface area contributed by atoms with Crippen LogP contribution in [0, 0.1) is 0 Å². The van der Waals surface area contributed by atoms with Crippen molar-refractivity contribution in [2.24, 2.45) is 0 Å². The van der Waals surface area contributed by atoms with E-state index in [9.17, 15) is 4.79 Å². The smallest absolute Gasteiger partial charge is 0.253 e. The van der Waals surface area contributed by atoms with Crippen molar-refractivity contribution in [3.8, 4) is 0 Å². The summed E-state index contributed by atoms with van der Waals surface area (Å²) in [7, 11) is 0. The lowest BCUT2D eigenvalue weighted by Gasteiger charge is -2.34. The summed E-state index contributed by atoms with van der Waals surface area (Å²) in [6.45, 7) is 10.9. The summed E-state index contributed by atoms with van der Waals surface area (Å²) in [6.07, 6.45) is 3.66. The van der Waals surface area contributed by atoms with E-state index >= 15 is 0 Å². The maximum Gasteiger partial charge on any atom is 0.253 e. The Morgan fingerprint density at radius 3 is 2.08 bits per heavy atom. The van der Waals surface area contributed by atoms with Gasteiger partial charge in [-0.05, 0) is 40.8 Å². The lowest BCUT2D eigenvalue weighted by molar-refractivity contribution is 0.0628. The first-order chi connectivity index (χ1) is 11.9. The van der Waals surface area contributed by atoms with Gasteiger partial charge >= 0.3 is 0 Å². The van der Waals surface area contributed by atoms with E-state index in [0.717, 1.165) is 38.3 Å². The van der Waals surface area contributed by atoms with Crippen LogP contribution in [0.2, 0.25) is 0 Å². The van der Waals surface area contributed by atoms with Crippen LogP contribution in [0.25, 0.3) is 0 Å². The molecule has 0 atom stereocenters. The Hall–Kier alpha value is -1.91. The van der Waals surface area contributed by atoms with Crippen LogP contribution in [0.15, 0.2) is 48.8 Å². The molecule has 1 aliphatic rings. The number of nitrogens with zero attached hydrogens (tertiary/aromatic N) is 3. The number of carbonyl (C=O) groups is 1. The molecule has 140 valence electrons. The van der Waals surface area contributed by atoms with Gasteiger partial charge in [-0.25, -0.2) is 0 Å². The number of pyridine rings is 1. The van der Waals surface area contributed by atoms with Crippen LogP contribution in [-0.4, -0.2) is 46.9 Å². The van der Waals surface area contributed by atoms with Gasteiger partial charge in [0.05, 0.1) is 0 Å². The van der Waals surface area contributed by atoms with Crippen LogP contribution in [0.4, 0.5) is 0 Å². The van der Waals surface area contributed by atoms with Crippen LogP contribution in [0.1, 0.15) is 42.3 Å². The minimum absolute atomic E-state index is 0. The third-order valence-electron chi connectivity index (χ3n) is 4.81. The molecule has 0 unspecified atom stereocenters. The largest absolute Gasteiger partial charge is 0.336 e. The van der Waals surface area contributed by atoms with Crippen molar-refractivity contribution in [3.63, 3.8) is 0 Å². The van der Waals surface area contributed by atoms with Crippen molar-refractivity contribution in [1.82, 2.24) is 14.8 Å². The van der Waals surface area contributed by atoms with Gasteiger partial charge in [0, 0.05) is 50.7 Å². The van der Waals surface area contributed by atoms with Gasteiger partial charge in [0.25, 0.3) is 5.91 Å². The Bertz CT molecular complexity index is 702. The number of hydrogen-bond donors (Lipinski definition) is 0. The van der Waals surface area contributed by atoms with E-state index in [1.165, 1.54) is 11.1 Å². The molecule has 1 aromatic carbocycles. The highest BCUT2D eigenvalue weighted by Crippen LogP contribution is 2.22. The van der Waals surface area contributed by atoms with Crippen molar-refractivity contribution >= 4 is 18.3 Å². The van der Waals surface area contributed by atoms with Gasteiger partial charge in [-0.3, -0.25) is 14.7 Å². The Morgan fingerprint density at radius 1 is 0.962 bits per heavy atom. The van der Waals surface area contributed by atoms with Crippen molar-refractivity contribution in [2.45, 2.75) is 32.7 Å². The Morgan fingerprint density at radius 2 is 1.54 bits per heavy atom. The predicted molar refractivity (Wildman–Crippen MR) is 108 cm³/mol. The lowest BCUT2D eigenvalue weighted by atomic mass is 9.86. The quantitative estimate of drug-likeness (QED) is 0.821. The van der Waals surface area contributed by atoms with Crippen LogP contribution >= 0.6 is 12.4 Å². The van der Waals surface area contributed by atoms with Crippen molar-refractivity contribution in [3.05, 3.63) is 65.5 Å². The maximum atomic E-state index is 12.7. The minimum Gasteiger partial charge on any atom is -0.336 e. The number of halogens is 1. The highest BCUT2D eigenvalue weighted by Gasteiger charge is 2.22. The fraction of sp³-hybridized carbons (Fsp3) is 0.429. The molecule has 0 aliphatic carbocycles. The summed E-state index contributed by atoms with van der Waals surface area (Å²) in [5, 5.41) is 0. The Labute approximate surface area is 162 Å². The molecule has 1 aliphatic heterocycles. The number of hydrogen-bond acceptors (Lipinski definition) is 3. The third-order valence-corrected chi connectivity index (χ3v) is 4.81. The van der Waals surface area contributed by atoms with Gasteiger partial charge in [0.2, 0.25) is 0 Å². The second kappa shape index (κ2) is 8.65. The molecule has 2 aromatic rings. The Balaban J connectivity index is 0.00000243. The number of rotatable bonds is 3. The van der Waals surface area contributed by atoms with Crippen LogP contribution in [0.3, 0.4) is 0 Å². The molecule has 4 nitrogen and oxygen atoms in total.